The van der Waals surface area contributed by atoms with Gasteiger partial charge in [0.25, 0.3) is 0 Å². The Balaban J connectivity index is 2.29. The Kier molecular flexibility index (Phi) is 5.26. The monoisotopic (exact) mass is 349 g/mol. The van der Waals surface area contributed by atoms with Gasteiger partial charge in [0.05, 0.1) is 20.3 Å². The van der Waals surface area contributed by atoms with E-state index in [2.05, 4.69) is 0 Å². The fourth-order valence-corrected chi connectivity index (χ4v) is 3.30. The predicted octanol–water partition coefficient (Wildman–Crippen LogP) is 3.64. The van der Waals surface area contributed by atoms with Crippen molar-refractivity contribution in [2.45, 2.75) is 11.6 Å². The lowest BCUT2D eigenvalue weighted by molar-refractivity contribution is 0.0462. The quantitative estimate of drug-likeness (QED) is 0.713. The Bertz CT molecular complexity index is 817. The maximum Gasteiger partial charge on any atom is 0.141 e. The molecule has 4 nitrogen and oxygen atoms in total. The molecule has 0 unspecified atom stereocenters. The summed E-state index contributed by atoms with van der Waals surface area (Å²) in [4.78, 5) is 0. The summed E-state index contributed by atoms with van der Waals surface area (Å²) in [5, 5.41) is 12.0. The molecule has 0 aliphatic carbocycles. The Morgan fingerprint density at radius 2 is 1.15 bits per heavy atom. The van der Waals surface area contributed by atoms with E-state index in [-0.39, 0.29) is 0 Å². The number of methoxy groups -OCH3 is 2. The second-order valence-electron chi connectivity index (χ2n) is 6.06. The summed E-state index contributed by atoms with van der Waals surface area (Å²) >= 11 is 0. The van der Waals surface area contributed by atoms with E-state index in [1.807, 2.05) is 78.9 Å². The van der Waals surface area contributed by atoms with E-state index in [1.54, 1.807) is 14.2 Å². The SMILES string of the molecule is COc1ccccc1C(O)(c1ccccc1OC)[C@H](N)c1ccccc1. The summed E-state index contributed by atoms with van der Waals surface area (Å²) in [5.74, 6) is 1.12. The Morgan fingerprint density at radius 1 is 0.731 bits per heavy atom. The molecular formula is C22H23NO3. The zero-order valence-electron chi connectivity index (χ0n) is 14.9. The summed E-state index contributed by atoms with van der Waals surface area (Å²) in [6.07, 6.45) is 0. The molecule has 0 aliphatic heterocycles. The minimum Gasteiger partial charge on any atom is -0.496 e. The number of aliphatic hydroxyl groups is 1. The van der Waals surface area contributed by atoms with E-state index in [0.717, 1.165) is 5.56 Å². The third-order valence-electron chi connectivity index (χ3n) is 4.64. The molecule has 0 bridgehead atoms. The fourth-order valence-electron chi connectivity index (χ4n) is 3.30. The van der Waals surface area contributed by atoms with Crippen LogP contribution in [-0.4, -0.2) is 19.3 Å². The van der Waals surface area contributed by atoms with E-state index in [9.17, 15) is 5.11 Å². The van der Waals surface area contributed by atoms with Crippen LogP contribution in [0.1, 0.15) is 22.7 Å². The molecule has 0 amide bonds. The van der Waals surface area contributed by atoms with E-state index in [1.165, 1.54) is 0 Å². The van der Waals surface area contributed by atoms with Crippen LogP contribution in [0.2, 0.25) is 0 Å². The molecule has 0 aliphatic rings. The number of rotatable bonds is 6. The van der Waals surface area contributed by atoms with Gasteiger partial charge in [-0.15, -0.1) is 0 Å². The Morgan fingerprint density at radius 3 is 1.62 bits per heavy atom. The highest BCUT2D eigenvalue weighted by molar-refractivity contribution is 5.52. The lowest BCUT2D eigenvalue weighted by Gasteiger charge is -2.37. The largest absolute Gasteiger partial charge is 0.496 e. The second-order valence-corrected chi connectivity index (χ2v) is 6.06. The summed E-state index contributed by atoms with van der Waals surface area (Å²) < 4.78 is 11.0. The predicted molar refractivity (Wildman–Crippen MR) is 102 cm³/mol. The highest BCUT2D eigenvalue weighted by Crippen LogP contribution is 2.46. The van der Waals surface area contributed by atoms with Crippen LogP contribution in [0, 0.1) is 0 Å². The van der Waals surface area contributed by atoms with Crippen molar-refractivity contribution in [2.24, 2.45) is 5.73 Å². The second kappa shape index (κ2) is 7.60. The molecule has 3 rings (SSSR count). The first-order valence-electron chi connectivity index (χ1n) is 8.42. The third kappa shape index (κ3) is 3.05. The van der Waals surface area contributed by atoms with Crippen LogP contribution in [0.25, 0.3) is 0 Å². The van der Waals surface area contributed by atoms with Gasteiger partial charge in [-0.2, -0.15) is 0 Å². The zero-order chi connectivity index (χ0) is 18.6. The number of hydrogen-bond acceptors (Lipinski definition) is 4. The van der Waals surface area contributed by atoms with Gasteiger partial charge in [-0.05, 0) is 17.7 Å². The van der Waals surface area contributed by atoms with Crippen LogP contribution < -0.4 is 15.2 Å². The molecule has 3 N–H and O–H groups in total. The number of hydrogen-bond donors (Lipinski definition) is 2. The van der Waals surface area contributed by atoms with Gasteiger partial charge in [0.1, 0.15) is 17.1 Å². The lowest BCUT2D eigenvalue weighted by Crippen LogP contribution is -2.40. The molecule has 0 spiro atoms. The van der Waals surface area contributed by atoms with Crippen molar-refractivity contribution in [3.63, 3.8) is 0 Å². The average Bonchev–Trinajstić information content (AvgIpc) is 2.73. The fraction of sp³-hybridized carbons (Fsp3) is 0.182. The van der Waals surface area contributed by atoms with Crippen LogP contribution in [0.5, 0.6) is 11.5 Å². The molecular weight excluding hydrogens is 326 g/mol. The van der Waals surface area contributed by atoms with Gasteiger partial charge in [-0.3, -0.25) is 0 Å². The summed E-state index contributed by atoms with van der Waals surface area (Å²) in [7, 11) is 3.16. The van der Waals surface area contributed by atoms with Gasteiger partial charge in [0.2, 0.25) is 0 Å². The Labute approximate surface area is 153 Å². The van der Waals surface area contributed by atoms with Crippen LogP contribution in [0.15, 0.2) is 78.9 Å². The van der Waals surface area contributed by atoms with E-state index in [4.69, 9.17) is 15.2 Å². The summed E-state index contributed by atoms with van der Waals surface area (Å²) in [6.45, 7) is 0. The Hall–Kier alpha value is -2.82. The summed E-state index contributed by atoms with van der Waals surface area (Å²) in [5.41, 5.74) is 7.07. The van der Waals surface area contributed by atoms with Gasteiger partial charge in [0.15, 0.2) is 0 Å². The van der Waals surface area contributed by atoms with E-state index < -0.39 is 11.6 Å². The zero-order valence-corrected chi connectivity index (χ0v) is 14.9. The number of para-hydroxylation sites is 2. The van der Waals surface area contributed by atoms with E-state index in [0.29, 0.717) is 22.6 Å². The van der Waals surface area contributed by atoms with Crippen molar-refractivity contribution in [1.82, 2.24) is 0 Å². The lowest BCUT2D eigenvalue weighted by atomic mass is 9.77. The average molecular weight is 349 g/mol. The normalized spacial score (nSPS) is 12.5. The number of ether oxygens (including phenoxy) is 2. The van der Waals surface area contributed by atoms with Gasteiger partial charge >= 0.3 is 0 Å². The van der Waals surface area contributed by atoms with Gasteiger partial charge in [-0.1, -0.05) is 66.7 Å². The summed E-state index contributed by atoms with van der Waals surface area (Å²) in [6, 6.07) is 23.5. The molecule has 0 saturated carbocycles. The minimum absolute atomic E-state index is 0.562. The van der Waals surface area contributed by atoms with Gasteiger partial charge in [0, 0.05) is 11.1 Å². The van der Waals surface area contributed by atoms with Gasteiger partial charge < -0.3 is 20.3 Å². The molecule has 0 fully saturated rings. The molecule has 3 aromatic rings. The molecule has 0 aromatic heterocycles. The molecule has 3 aromatic carbocycles. The van der Waals surface area contributed by atoms with Gasteiger partial charge in [-0.25, -0.2) is 0 Å². The molecule has 26 heavy (non-hydrogen) atoms. The minimum atomic E-state index is -1.54. The first-order valence-corrected chi connectivity index (χ1v) is 8.42. The van der Waals surface area contributed by atoms with Crippen molar-refractivity contribution in [1.29, 1.82) is 0 Å². The van der Waals surface area contributed by atoms with Crippen LogP contribution in [-0.2, 0) is 5.60 Å². The molecule has 4 heteroatoms. The topological polar surface area (TPSA) is 64.7 Å². The molecule has 0 radical (unpaired) electrons. The van der Waals surface area contributed by atoms with Crippen molar-refractivity contribution < 1.29 is 14.6 Å². The highest BCUT2D eigenvalue weighted by Gasteiger charge is 2.43. The maximum absolute atomic E-state index is 12.0. The molecule has 0 saturated heterocycles. The van der Waals surface area contributed by atoms with Crippen LogP contribution in [0.4, 0.5) is 0 Å². The third-order valence-corrected chi connectivity index (χ3v) is 4.64. The van der Waals surface area contributed by atoms with Crippen LogP contribution in [0.3, 0.4) is 0 Å². The van der Waals surface area contributed by atoms with E-state index >= 15 is 0 Å². The number of benzene rings is 3. The smallest absolute Gasteiger partial charge is 0.141 e. The first-order chi connectivity index (χ1) is 12.6. The number of nitrogens with two attached hydrogens (primary N) is 1. The van der Waals surface area contributed by atoms with Crippen molar-refractivity contribution in [3.05, 3.63) is 95.6 Å². The maximum atomic E-state index is 12.0. The standard InChI is InChI=1S/C22H23NO3/c1-25-19-14-8-6-12-17(19)22(24,18-13-7-9-15-20(18)26-2)21(23)16-10-4-3-5-11-16/h3-15,21,24H,23H2,1-2H3/t21-/m1/s1. The highest BCUT2D eigenvalue weighted by atomic mass is 16.5. The molecule has 0 heterocycles. The van der Waals surface area contributed by atoms with Crippen molar-refractivity contribution in [3.8, 4) is 11.5 Å². The first kappa shape index (κ1) is 18.0. The molecule has 1 atom stereocenters. The van der Waals surface area contributed by atoms with Crippen LogP contribution >= 0.6 is 0 Å². The van der Waals surface area contributed by atoms with Crippen molar-refractivity contribution >= 4 is 0 Å². The molecule has 134 valence electrons. The van der Waals surface area contributed by atoms with Crippen molar-refractivity contribution in [2.75, 3.05) is 14.2 Å².